The summed E-state index contributed by atoms with van der Waals surface area (Å²) in [6.07, 6.45) is 4.30. The minimum absolute atomic E-state index is 0.0140. The van der Waals surface area contributed by atoms with Crippen LogP contribution in [0.2, 0.25) is 0 Å². The molecule has 1 amide bonds. The van der Waals surface area contributed by atoms with Crippen molar-refractivity contribution in [3.05, 3.63) is 105 Å². The Morgan fingerprint density at radius 2 is 1.75 bits per heavy atom. The van der Waals surface area contributed by atoms with Crippen LogP contribution in [-0.2, 0) is 4.79 Å². The summed E-state index contributed by atoms with van der Waals surface area (Å²) in [7, 11) is 1.48. The van der Waals surface area contributed by atoms with Gasteiger partial charge in [0.2, 0.25) is 0 Å². The molecular formula is C26H22INO4. The van der Waals surface area contributed by atoms with Crippen molar-refractivity contribution in [2.75, 3.05) is 12.0 Å². The molecule has 0 spiro atoms. The van der Waals surface area contributed by atoms with E-state index in [1.807, 2.05) is 66.7 Å². The number of aliphatic hydroxyl groups is 1. The van der Waals surface area contributed by atoms with Crippen LogP contribution in [0.1, 0.15) is 23.6 Å². The number of hydrogen-bond donors (Lipinski definition) is 2. The average molecular weight is 539 g/mol. The SMILES string of the molecule is COc1cc(C2C(C/C=C/c3ccccc3)=C(O)C(=O)N2c2ccc(I)cc2)ccc1O. The first-order chi connectivity index (χ1) is 15.5. The Bertz CT molecular complexity index is 1190. The van der Waals surface area contributed by atoms with Gasteiger partial charge in [0, 0.05) is 14.8 Å². The number of aromatic hydroxyl groups is 1. The van der Waals surface area contributed by atoms with Crippen molar-refractivity contribution in [3.63, 3.8) is 0 Å². The number of halogens is 1. The minimum Gasteiger partial charge on any atom is -0.504 e. The third-order valence-electron chi connectivity index (χ3n) is 5.39. The molecule has 162 valence electrons. The number of carbonyl (C=O) groups is 1. The largest absolute Gasteiger partial charge is 0.504 e. The van der Waals surface area contributed by atoms with Gasteiger partial charge in [-0.15, -0.1) is 0 Å². The Kier molecular flexibility index (Phi) is 6.50. The van der Waals surface area contributed by atoms with Crippen LogP contribution in [0.5, 0.6) is 11.5 Å². The number of rotatable bonds is 6. The predicted octanol–water partition coefficient (Wildman–Crippen LogP) is 6.01. The molecule has 0 bridgehead atoms. The number of ether oxygens (including phenoxy) is 1. The van der Waals surface area contributed by atoms with Crippen LogP contribution in [-0.4, -0.2) is 23.2 Å². The highest BCUT2D eigenvalue weighted by Gasteiger charge is 2.41. The summed E-state index contributed by atoms with van der Waals surface area (Å²) in [6.45, 7) is 0. The lowest BCUT2D eigenvalue weighted by Gasteiger charge is -2.27. The van der Waals surface area contributed by atoms with Crippen molar-refractivity contribution in [1.29, 1.82) is 0 Å². The Hall–Kier alpha value is -3.26. The van der Waals surface area contributed by atoms with Gasteiger partial charge >= 0.3 is 0 Å². The molecule has 3 aromatic carbocycles. The van der Waals surface area contributed by atoms with Crippen molar-refractivity contribution in [2.24, 2.45) is 0 Å². The molecule has 5 nitrogen and oxygen atoms in total. The molecule has 0 radical (unpaired) electrons. The summed E-state index contributed by atoms with van der Waals surface area (Å²) < 4.78 is 6.33. The van der Waals surface area contributed by atoms with Crippen molar-refractivity contribution >= 4 is 40.3 Å². The minimum atomic E-state index is -0.530. The second-order valence-corrected chi connectivity index (χ2v) is 8.62. The van der Waals surface area contributed by atoms with Crippen molar-refractivity contribution < 1.29 is 19.7 Å². The normalized spacial score (nSPS) is 16.2. The first kappa shape index (κ1) is 22.0. The number of allylic oxidation sites excluding steroid dienone is 1. The van der Waals surface area contributed by atoms with Crippen LogP contribution in [0.25, 0.3) is 6.08 Å². The molecule has 1 heterocycles. The van der Waals surface area contributed by atoms with Crippen LogP contribution in [0, 0.1) is 3.57 Å². The molecular weight excluding hydrogens is 517 g/mol. The number of phenolic OH excluding ortho intramolecular Hbond substituents is 1. The van der Waals surface area contributed by atoms with Crippen LogP contribution >= 0.6 is 22.6 Å². The third-order valence-corrected chi connectivity index (χ3v) is 6.10. The van der Waals surface area contributed by atoms with Gasteiger partial charge in [-0.2, -0.15) is 0 Å². The van der Waals surface area contributed by atoms with Crippen molar-refractivity contribution in [3.8, 4) is 11.5 Å². The van der Waals surface area contributed by atoms with Crippen molar-refractivity contribution in [1.82, 2.24) is 0 Å². The van der Waals surface area contributed by atoms with Gasteiger partial charge in [-0.25, -0.2) is 0 Å². The Labute approximate surface area is 200 Å². The number of hydrogen-bond acceptors (Lipinski definition) is 4. The summed E-state index contributed by atoms with van der Waals surface area (Å²) in [5, 5.41) is 20.9. The number of amides is 1. The fourth-order valence-electron chi connectivity index (χ4n) is 3.83. The standard InChI is InChI=1S/C26H22INO4/c1-32-23-16-18(10-15-22(23)29)24-21(9-5-8-17-6-3-2-4-7-17)25(30)26(31)28(24)20-13-11-19(27)12-14-20/h2-8,10-16,24,29-30H,9H2,1H3/b8-5+. The van der Waals surface area contributed by atoms with Gasteiger partial charge in [0.15, 0.2) is 17.3 Å². The zero-order valence-corrected chi connectivity index (χ0v) is 19.6. The lowest BCUT2D eigenvalue weighted by atomic mass is 9.95. The first-order valence-corrected chi connectivity index (χ1v) is 11.2. The zero-order valence-electron chi connectivity index (χ0n) is 17.4. The van der Waals surface area contributed by atoms with Gasteiger partial charge in [-0.05, 0) is 76.5 Å². The lowest BCUT2D eigenvalue weighted by Crippen LogP contribution is -2.30. The fraction of sp³-hybridized carbons (Fsp3) is 0.115. The van der Waals surface area contributed by atoms with E-state index in [9.17, 15) is 15.0 Å². The smallest absolute Gasteiger partial charge is 0.293 e. The molecule has 1 atom stereocenters. The van der Waals surface area contributed by atoms with Crippen LogP contribution in [0.3, 0.4) is 0 Å². The molecule has 1 aliphatic heterocycles. The maximum atomic E-state index is 13.2. The van der Waals surface area contributed by atoms with Crippen LogP contribution in [0.15, 0.2) is 90.2 Å². The van der Waals surface area contributed by atoms with Gasteiger partial charge in [0.1, 0.15) is 0 Å². The fourth-order valence-corrected chi connectivity index (χ4v) is 4.19. The Morgan fingerprint density at radius 1 is 1.03 bits per heavy atom. The maximum Gasteiger partial charge on any atom is 0.293 e. The van der Waals surface area contributed by atoms with E-state index >= 15 is 0 Å². The molecule has 32 heavy (non-hydrogen) atoms. The third kappa shape index (κ3) is 4.36. The van der Waals surface area contributed by atoms with Crippen LogP contribution < -0.4 is 9.64 Å². The Balaban J connectivity index is 1.76. The van der Waals surface area contributed by atoms with Gasteiger partial charge < -0.3 is 14.9 Å². The molecule has 6 heteroatoms. The number of benzene rings is 3. The number of methoxy groups -OCH3 is 1. The number of nitrogens with zero attached hydrogens (tertiary/aromatic N) is 1. The Morgan fingerprint density at radius 3 is 2.44 bits per heavy atom. The molecule has 4 rings (SSSR count). The van der Waals surface area contributed by atoms with E-state index < -0.39 is 11.9 Å². The lowest BCUT2D eigenvalue weighted by molar-refractivity contribution is -0.117. The highest BCUT2D eigenvalue weighted by Crippen LogP contribution is 2.44. The average Bonchev–Trinajstić information content (AvgIpc) is 3.06. The van der Waals surface area contributed by atoms with Gasteiger partial charge in [0.25, 0.3) is 5.91 Å². The van der Waals surface area contributed by atoms with E-state index in [0.717, 1.165) is 14.7 Å². The number of aliphatic hydroxyl groups excluding tert-OH is 1. The number of carbonyl (C=O) groups excluding carboxylic acids is 1. The summed E-state index contributed by atoms with van der Waals surface area (Å²) in [5.74, 6) is -0.382. The van der Waals surface area contributed by atoms with Crippen LogP contribution in [0.4, 0.5) is 5.69 Å². The highest BCUT2D eigenvalue weighted by molar-refractivity contribution is 14.1. The molecule has 1 unspecified atom stereocenters. The summed E-state index contributed by atoms with van der Waals surface area (Å²) in [4.78, 5) is 14.7. The van der Waals surface area contributed by atoms with E-state index in [0.29, 0.717) is 23.4 Å². The second kappa shape index (κ2) is 9.48. The monoisotopic (exact) mass is 539 g/mol. The highest BCUT2D eigenvalue weighted by atomic mass is 127. The van der Waals surface area contributed by atoms with Crippen molar-refractivity contribution in [2.45, 2.75) is 12.5 Å². The van der Waals surface area contributed by atoms with E-state index in [-0.39, 0.29) is 11.5 Å². The summed E-state index contributed by atoms with van der Waals surface area (Å²) in [5.41, 5.74) is 3.04. The molecule has 2 N–H and O–H groups in total. The first-order valence-electron chi connectivity index (χ1n) is 10.1. The molecule has 0 saturated heterocycles. The molecule has 1 aliphatic rings. The number of anilines is 1. The van der Waals surface area contributed by atoms with E-state index in [1.165, 1.54) is 13.2 Å². The summed E-state index contributed by atoms with van der Waals surface area (Å²) in [6, 6.07) is 21.9. The second-order valence-electron chi connectivity index (χ2n) is 7.38. The molecule has 0 fully saturated rings. The molecule has 0 saturated carbocycles. The number of phenols is 1. The molecule has 0 aromatic heterocycles. The predicted molar refractivity (Wildman–Crippen MR) is 134 cm³/mol. The zero-order chi connectivity index (χ0) is 22.7. The van der Waals surface area contributed by atoms with Gasteiger partial charge in [-0.1, -0.05) is 48.6 Å². The van der Waals surface area contributed by atoms with E-state index in [1.54, 1.807) is 17.0 Å². The maximum absolute atomic E-state index is 13.2. The van der Waals surface area contributed by atoms with Gasteiger partial charge in [0.05, 0.1) is 13.2 Å². The topological polar surface area (TPSA) is 70.0 Å². The molecule has 3 aromatic rings. The van der Waals surface area contributed by atoms with Gasteiger partial charge in [-0.3, -0.25) is 9.69 Å². The van der Waals surface area contributed by atoms with E-state index in [4.69, 9.17) is 4.74 Å². The van der Waals surface area contributed by atoms with E-state index in [2.05, 4.69) is 22.6 Å². The molecule has 0 aliphatic carbocycles. The quantitative estimate of drug-likeness (QED) is 0.377. The summed E-state index contributed by atoms with van der Waals surface area (Å²) >= 11 is 2.21.